The lowest BCUT2D eigenvalue weighted by molar-refractivity contribution is -0.114. The molecule has 2 rings (SSSR count). The van der Waals surface area contributed by atoms with Gasteiger partial charge in [-0.15, -0.1) is 22.0 Å². The molecule has 0 saturated heterocycles. The van der Waals surface area contributed by atoms with Crippen molar-refractivity contribution in [2.24, 2.45) is 0 Å². The lowest BCUT2D eigenvalue weighted by atomic mass is 10.2. The number of aromatic nitrogens is 2. The summed E-state index contributed by atoms with van der Waals surface area (Å²) in [4.78, 5) is 23.8. The molecule has 2 aromatic rings. The Labute approximate surface area is 160 Å². The highest BCUT2D eigenvalue weighted by atomic mass is 32.2. The fourth-order valence-corrected chi connectivity index (χ4v) is 3.29. The molecule has 0 aliphatic carbocycles. The predicted octanol–water partition coefficient (Wildman–Crippen LogP) is 3.37. The van der Waals surface area contributed by atoms with Crippen molar-refractivity contribution >= 4 is 45.7 Å². The van der Waals surface area contributed by atoms with Gasteiger partial charge in [0.2, 0.25) is 16.9 Å². The molecule has 140 valence electrons. The summed E-state index contributed by atoms with van der Waals surface area (Å²) in [6.45, 7) is 6.55. The number of carbonyl (C=O) groups is 2. The highest BCUT2D eigenvalue weighted by Crippen LogP contribution is 2.22. The summed E-state index contributed by atoms with van der Waals surface area (Å²) in [5, 5.41) is 14.8. The summed E-state index contributed by atoms with van der Waals surface area (Å²) in [6.07, 6.45) is 0. The minimum absolute atomic E-state index is 0.162. The van der Waals surface area contributed by atoms with E-state index in [2.05, 4.69) is 20.8 Å². The van der Waals surface area contributed by atoms with Gasteiger partial charge in [0.1, 0.15) is 10.8 Å². The molecule has 0 spiro atoms. The number of ether oxygens (including phenoxy) is 1. The van der Waals surface area contributed by atoms with E-state index in [1.807, 2.05) is 20.8 Å². The van der Waals surface area contributed by atoms with E-state index in [9.17, 15) is 9.59 Å². The van der Waals surface area contributed by atoms with E-state index in [4.69, 9.17) is 4.74 Å². The molecule has 0 fully saturated rings. The number of carbonyl (C=O) groups excluding carboxylic acids is 2. The second kappa shape index (κ2) is 10.1. The molecule has 26 heavy (non-hydrogen) atoms. The summed E-state index contributed by atoms with van der Waals surface area (Å²) in [7, 11) is 0. The lowest BCUT2D eigenvalue weighted by Crippen LogP contribution is -2.18. The maximum Gasteiger partial charge on any atom is 0.236 e. The third kappa shape index (κ3) is 6.64. The second-order valence-electron chi connectivity index (χ2n) is 5.65. The summed E-state index contributed by atoms with van der Waals surface area (Å²) in [6, 6.07) is 7.16. The maximum absolute atomic E-state index is 11.9. The number of thioether (sulfide) groups is 1. The molecule has 2 amide bonds. The van der Waals surface area contributed by atoms with Gasteiger partial charge in [-0.25, -0.2) is 0 Å². The quantitative estimate of drug-likeness (QED) is 0.677. The Morgan fingerprint density at radius 3 is 2.35 bits per heavy atom. The van der Waals surface area contributed by atoms with Crippen molar-refractivity contribution in [1.82, 2.24) is 10.2 Å². The van der Waals surface area contributed by atoms with Crippen molar-refractivity contribution in [2.45, 2.75) is 26.7 Å². The largest absolute Gasteiger partial charge is 0.494 e. The van der Waals surface area contributed by atoms with Crippen LogP contribution in [-0.4, -0.2) is 40.1 Å². The van der Waals surface area contributed by atoms with E-state index in [-0.39, 0.29) is 29.2 Å². The first kappa shape index (κ1) is 20.2. The average molecular weight is 395 g/mol. The molecule has 0 saturated carbocycles. The molecule has 0 aliphatic heterocycles. The fraction of sp³-hybridized carbons (Fsp3) is 0.412. The Kier molecular flexibility index (Phi) is 7.86. The number of nitrogens with one attached hydrogen (secondary N) is 2. The number of rotatable bonds is 9. The monoisotopic (exact) mass is 394 g/mol. The zero-order valence-electron chi connectivity index (χ0n) is 14.9. The summed E-state index contributed by atoms with van der Waals surface area (Å²) in [5.74, 6) is 1.04. The molecule has 9 heteroatoms. The van der Waals surface area contributed by atoms with Crippen molar-refractivity contribution in [3.05, 3.63) is 29.3 Å². The first-order valence-electron chi connectivity index (χ1n) is 8.21. The normalized spacial score (nSPS) is 10.6. The zero-order chi connectivity index (χ0) is 18.9. The molecular weight excluding hydrogens is 372 g/mol. The highest BCUT2D eigenvalue weighted by molar-refractivity contribution is 8.00. The van der Waals surface area contributed by atoms with Gasteiger partial charge in [0.15, 0.2) is 0 Å². The number of hydrogen-bond donors (Lipinski definition) is 2. The van der Waals surface area contributed by atoms with Crippen LogP contribution < -0.4 is 15.4 Å². The number of benzene rings is 1. The van der Waals surface area contributed by atoms with Crippen LogP contribution in [0.1, 0.15) is 31.7 Å². The molecule has 7 nitrogen and oxygen atoms in total. The van der Waals surface area contributed by atoms with E-state index in [1.165, 1.54) is 23.1 Å². The average Bonchev–Trinajstić information content (AvgIpc) is 3.05. The van der Waals surface area contributed by atoms with E-state index in [1.54, 1.807) is 24.3 Å². The number of hydrogen-bond acceptors (Lipinski definition) is 7. The van der Waals surface area contributed by atoms with Crippen molar-refractivity contribution in [1.29, 1.82) is 0 Å². The van der Waals surface area contributed by atoms with E-state index >= 15 is 0 Å². The Morgan fingerprint density at radius 1 is 1.12 bits per heavy atom. The van der Waals surface area contributed by atoms with Crippen LogP contribution in [-0.2, 0) is 9.59 Å². The Balaban J connectivity index is 1.69. The zero-order valence-corrected chi connectivity index (χ0v) is 16.6. The number of nitrogens with zero attached hydrogens (tertiary/aromatic N) is 2. The minimum Gasteiger partial charge on any atom is -0.494 e. The van der Waals surface area contributed by atoms with Crippen LogP contribution in [0.5, 0.6) is 5.75 Å². The van der Waals surface area contributed by atoms with Crippen molar-refractivity contribution < 1.29 is 14.3 Å². The molecule has 2 N–H and O–H groups in total. The topological polar surface area (TPSA) is 93.2 Å². The van der Waals surface area contributed by atoms with Gasteiger partial charge in [-0.05, 0) is 31.2 Å². The molecular formula is C17H22N4O3S2. The number of amides is 2. The first-order chi connectivity index (χ1) is 12.5. The van der Waals surface area contributed by atoms with E-state index in [0.717, 1.165) is 10.8 Å². The van der Waals surface area contributed by atoms with Crippen molar-refractivity contribution in [2.75, 3.05) is 28.7 Å². The Bertz CT molecular complexity index is 732. The van der Waals surface area contributed by atoms with Gasteiger partial charge >= 0.3 is 0 Å². The van der Waals surface area contributed by atoms with Gasteiger partial charge in [0.05, 0.1) is 18.1 Å². The van der Waals surface area contributed by atoms with E-state index in [0.29, 0.717) is 17.4 Å². The summed E-state index contributed by atoms with van der Waals surface area (Å²) < 4.78 is 5.35. The molecule has 0 unspecified atom stereocenters. The molecule has 0 bridgehead atoms. The fourth-order valence-electron chi connectivity index (χ4n) is 1.91. The van der Waals surface area contributed by atoms with Gasteiger partial charge in [-0.3, -0.25) is 14.9 Å². The summed E-state index contributed by atoms with van der Waals surface area (Å²) >= 11 is 2.60. The van der Waals surface area contributed by atoms with Gasteiger partial charge < -0.3 is 10.1 Å². The second-order valence-corrected chi connectivity index (χ2v) is 7.64. The van der Waals surface area contributed by atoms with Crippen LogP contribution in [0, 0.1) is 0 Å². The molecule has 0 radical (unpaired) electrons. The van der Waals surface area contributed by atoms with Crippen LogP contribution in [0.3, 0.4) is 0 Å². The molecule has 1 heterocycles. The Morgan fingerprint density at radius 2 is 1.77 bits per heavy atom. The minimum atomic E-state index is -0.199. The SMILES string of the molecule is CCOc1ccc(NC(=O)CSCC(=O)Nc2nnc(C(C)C)s2)cc1. The van der Waals surface area contributed by atoms with Crippen LogP contribution in [0.4, 0.5) is 10.8 Å². The molecule has 0 aliphatic rings. The van der Waals surface area contributed by atoms with Gasteiger partial charge in [0, 0.05) is 11.6 Å². The third-order valence-electron chi connectivity index (χ3n) is 3.10. The molecule has 0 atom stereocenters. The predicted molar refractivity (Wildman–Crippen MR) is 106 cm³/mol. The van der Waals surface area contributed by atoms with Crippen LogP contribution in [0.15, 0.2) is 24.3 Å². The van der Waals surface area contributed by atoms with Gasteiger partial charge in [0.25, 0.3) is 0 Å². The first-order valence-corrected chi connectivity index (χ1v) is 10.2. The van der Waals surface area contributed by atoms with E-state index < -0.39 is 0 Å². The van der Waals surface area contributed by atoms with Gasteiger partial charge in [-0.2, -0.15) is 0 Å². The van der Waals surface area contributed by atoms with Crippen LogP contribution in [0.2, 0.25) is 0 Å². The highest BCUT2D eigenvalue weighted by Gasteiger charge is 2.11. The summed E-state index contributed by atoms with van der Waals surface area (Å²) in [5.41, 5.74) is 0.693. The Hall–Kier alpha value is -2.13. The van der Waals surface area contributed by atoms with Crippen molar-refractivity contribution in [3.63, 3.8) is 0 Å². The third-order valence-corrected chi connectivity index (χ3v) is 5.17. The molecule has 1 aromatic heterocycles. The smallest absolute Gasteiger partial charge is 0.236 e. The van der Waals surface area contributed by atoms with Crippen LogP contribution in [0.25, 0.3) is 0 Å². The van der Waals surface area contributed by atoms with Gasteiger partial charge in [-0.1, -0.05) is 25.2 Å². The lowest BCUT2D eigenvalue weighted by Gasteiger charge is -2.07. The van der Waals surface area contributed by atoms with Crippen molar-refractivity contribution in [3.8, 4) is 5.75 Å². The standard InChI is InChI=1S/C17H22N4O3S2/c1-4-24-13-7-5-12(6-8-13)18-14(22)9-25-10-15(23)19-17-21-20-16(26-17)11(2)3/h5-8,11H,4,9-10H2,1-3H3,(H,18,22)(H,19,21,23). The maximum atomic E-state index is 11.9. The number of anilines is 2. The van der Waals surface area contributed by atoms with Crippen LogP contribution >= 0.6 is 23.1 Å². The molecule has 1 aromatic carbocycles.